The first-order valence-electron chi connectivity index (χ1n) is 8.14. The summed E-state index contributed by atoms with van der Waals surface area (Å²) in [7, 11) is 0. The number of nitrogens with zero attached hydrogens (tertiary/aromatic N) is 1. The van der Waals surface area contributed by atoms with Crippen LogP contribution in [0.15, 0.2) is 42.6 Å². The lowest BCUT2D eigenvalue weighted by molar-refractivity contribution is -0.137. The Morgan fingerprint density at radius 1 is 1.23 bits per heavy atom. The number of anilines is 1. The summed E-state index contributed by atoms with van der Waals surface area (Å²) >= 11 is 0. The number of halogens is 3. The topological polar surface area (TPSA) is 63.2 Å². The first-order chi connectivity index (χ1) is 12.4. The van der Waals surface area contributed by atoms with Crippen molar-refractivity contribution < 1.29 is 22.7 Å². The number of alkyl halides is 3. The van der Waals surface area contributed by atoms with Crippen molar-refractivity contribution in [3.8, 4) is 5.88 Å². The molecule has 5 nitrogen and oxygen atoms in total. The highest BCUT2D eigenvalue weighted by Gasteiger charge is 2.30. The maximum absolute atomic E-state index is 12.7. The van der Waals surface area contributed by atoms with Gasteiger partial charge in [0.15, 0.2) is 0 Å². The largest absolute Gasteiger partial charge is 0.477 e. The molecule has 2 N–H and O–H groups in total. The van der Waals surface area contributed by atoms with Crippen LogP contribution in [-0.4, -0.2) is 24.0 Å². The fourth-order valence-corrected chi connectivity index (χ4v) is 2.13. The Labute approximate surface area is 149 Å². The van der Waals surface area contributed by atoms with Crippen molar-refractivity contribution in [2.45, 2.75) is 26.1 Å². The van der Waals surface area contributed by atoms with E-state index in [0.717, 1.165) is 24.1 Å². The third kappa shape index (κ3) is 5.94. The number of nitrogens with one attached hydrogen (secondary N) is 2. The number of hydrogen-bond donors (Lipinski definition) is 2. The van der Waals surface area contributed by atoms with Gasteiger partial charge in [0.2, 0.25) is 11.8 Å². The van der Waals surface area contributed by atoms with E-state index in [9.17, 15) is 18.0 Å². The van der Waals surface area contributed by atoms with Crippen LogP contribution in [0.4, 0.5) is 18.9 Å². The second-order valence-corrected chi connectivity index (χ2v) is 5.52. The molecular formula is C18H20F3N3O2. The first-order valence-corrected chi connectivity index (χ1v) is 8.14. The van der Waals surface area contributed by atoms with Gasteiger partial charge in [0.25, 0.3) is 0 Å². The van der Waals surface area contributed by atoms with Gasteiger partial charge in [-0.05, 0) is 30.7 Å². The Morgan fingerprint density at radius 2 is 2.04 bits per heavy atom. The van der Waals surface area contributed by atoms with Crippen LogP contribution in [0.2, 0.25) is 0 Å². The van der Waals surface area contributed by atoms with E-state index in [1.165, 1.54) is 12.1 Å². The molecule has 1 amide bonds. The van der Waals surface area contributed by atoms with E-state index in [-0.39, 0.29) is 24.7 Å². The minimum absolute atomic E-state index is 0.146. The summed E-state index contributed by atoms with van der Waals surface area (Å²) in [6.07, 6.45) is -1.98. The van der Waals surface area contributed by atoms with Crippen LogP contribution in [0.25, 0.3) is 0 Å². The summed E-state index contributed by atoms with van der Waals surface area (Å²) < 4.78 is 43.5. The van der Waals surface area contributed by atoms with Crippen molar-refractivity contribution >= 4 is 11.6 Å². The number of pyridine rings is 1. The molecular weight excluding hydrogens is 347 g/mol. The summed E-state index contributed by atoms with van der Waals surface area (Å²) in [4.78, 5) is 16.1. The Kier molecular flexibility index (Phi) is 6.82. The fourth-order valence-electron chi connectivity index (χ4n) is 2.13. The van der Waals surface area contributed by atoms with Gasteiger partial charge in [0, 0.05) is 24.0 Å². The number of benzene rings is 1. The number of hydrogen-bond acceptors (Lipinski definition) is 4. The van der Waals surface area contributed by atoms with Crippen LogP contribution in [0.5, 0.6) is 5.88 Å². The van der Waals surface area contributed by atoms with Gasteiger partial charge in [0.1, 0.15) is 0 Å². The smallest absolute Gasteiger partial charge is 0.416 e. The van der Waals surface area contributed by atoms with E-state index in [1.54, 1.807) is 18.3 Å². The van der Waals surface area contributed by atoms with E-state index < -0.39 is 11.7 Å². The quantitative estimate of drug-likeness (QED) is 0.748. The van der Waals surface area contributed by atoms with Crippen molar-refractivity contribution in [1.82, 2.24) is 10.3 Å². The molecule has 26 heavy (non-hydrogen) atoms. The Morgan fingerprint density at radius 3 is 2.77 bits per heavy atom. The highest BCUT2D eigenvalue weighted by Crippen LogP contribution is 2.30. The number of aromatic nitrogens is 1. The Bertz CT molecular complexity index is 736. The number of amides is 1. The Hall–Kier alpha value is -2.77. The zero-order valence-corrected chi connectivity index (χ0v) is 14.3. The molecule has 0 unspecified atom stereocenters. The van der Waals surface area contributed by atoms with E-state index in [0.29, 0.717) is 12.5 Å². The van der Waals surface area contributed by atoms with Gasteiger partial charge >= 0.3 is 6.18 Å². The molecule has 0 aliphatic heterocycles. The van der Waals surface area contributed by atoms with E-state index in [1.807, 2.05) is 6.92 Å². The predicted octanol–water partition coefficient (Wildman–Crippen LogP) is 3.62. The van der Waals surface area contributed by atoms with Crippen molar-refractivity contribution in [1.29, 1.82) is 0 Å². The third-order valence-corrected chi connectivity index (χ3v) is 3.41. The minimum atomic E-state index is -4.42. The predicted molar refractivity (Wildman–Crippen MR) is 91.8 cm³/mol. The summed E-state index contributed by atoms with van der Waals surface area (Å²) in [5, 5.41) is 5.37. The zero-order valence-electron chi connectivity index (χ0n) is 14.3. The second-order valence-electron chi connectivity index (χ2n) is 5.52. The maximum atomic E-state index is 12.7. The molecule has 0 atom stereocenters. The molecule has 0 saturated heterocycles. The van der Waals surface area contributed by atoms with Gasteiger partial charge in [0.05, 0.1) is 18.7 Å². The third-order valence-electron chi connectivity index (χ3n) is 3.41. The normalized spacial score (nSPS) is 11.1. The van der Waals surface area contributed by atoms with E-state index in [2.05, 4.69) is 15.6 Å². The van der Waals surface area contributed by atoms with Crippen molar-refractivity contribution in [2.24, 2.45) is 0 Å². The molecule has 140 valence electrons. The van der Waals surface area contributed by atoms with E-state index in [4.69, 9.17) is 4.74 Å². The van der Waals surface area contributed by atoms with Crippen LogP contribution in [-0.2, 0) is 17.5 Å². The molecule has 2 aromatic rings. The van der Waals surface area contributed by atoms with Gasteiger partial charge in [-0.3, -0.25) is 4.79 Å². The first kappa shape index (κ1) is 19.6. The lowest BCUT2D eigenvalue weighted by Crippen LogP contribution is -2.29. The van der Waals surface area contributed by atoms with Crippen molar-refractivity contribution in [3.63, 3.8) is 0 Å². The molecule has 0 spiro atoms. The van der Waals surface area contributed by atoms with Crippen molar-refractivity contribution in [2.75, 3.05) is 18.5 Å². The average Bonchev–Trinajstić information content (AvgIpc) is 2.63. The molecule has 8 heteroatoms. The number of carbonyl (C=O) groups is 1. The number of rotatable bonds is 8. The summed E-state index contributed by atoms with van der Waals surface area (Å²) in [5.41, 5.74) is 0.188. The molecule has 1 heterocycles. The van der Waals surface area contributed by atoms with Gasteiger partial charge in [-0.25, -0.2) is 4.98 Å². The van der Waals surface area contributed by atoms with E-state index >= 15 is 0 Å². The van der Waals surface area contributed by atoms with Crippen LogP contribution >= 0.6 is 0 Å². The van der Waals surface area contributed by atoms with Gasteiger partial charge < -0.3 is 15.4 Å². The maximum Gasteiger partial charge on any atom is 0.416 e. The lowest BCUT2D eigenvalue weighted by Gasteiger charge is -2.12. The summed E-state index contributed by atoms with van der Waals surface area (Å²) in [6, 6.07) is 8.23. The fraction of sp³-hybridized carbons (Fsp3) is 0.333. The second kappa shape index (κ2) is 9.07. The summed E-state index contributed by atoms with van der Waals surface area (Å²) in [5.74, 6) is 0.105. The molecule has 2 rings (SSSR count). The molecule has 0 radical (unpaired) electrons. The number of ether oxygens (including phenoxy) is 1. The van der Waals surface area contributed by atoms with Gasteiger partial charge in [-0.1, -0.05) is 19.1 Å². The molecule has 0 aliphatic carbocycles. The molecule has 1 aromatic carbocycles. The molecule has 0 bridgehead atoms. The highest BCUT2D eigenvalue weighted by atomic mass is 19.4. The van der Waals surface area contributed by atoms with Crippen LogP contribution in [0.3, 0.4) is 0 Å². The molecule has 0 fully saturated rings. The van der Waals surface area contributed by atoms with Crippen LogP contribution < -0.4 is 15.4 Å². The summed E-state index contributed by atoms with van der Waals surface area (Å²) in [6.45, 7) is 2.57. The Balaban J connectivity index is 1.87. The number of carbonyl (C=O) groups excluding carboxylic acids is 1. The zero-order chi connectivity index (χ0) is 19.0. The van der Waals surface area contributed by atoms with Crippen LogP contribution in [0.1, 0.15) is 24.5 Å². The van der Waals surface area contributed by atoms with Crippen LogP contribution in [0, 0.1) is 0 Å². The lowest BCUT2D eigenvalue weighted by atomic mass is 10.2. The van der Waals surface area contributed by atoms with Crippen molar-refractivity contribution in [3.05, 3.63) is 53.7 Å². The standard InChI is InChI=1S/C18H20F3N3O2/c1-2-9-26-17-13(5-4-8-22-17)11-24-16(25)12-23-15-7-3-6-14(10-15)18(19,20)21/h3-8,10,23H,2,9,11-12H2,1H3,(H,24,25). The molecule has 1 aromatic heterocycles. The van der Waals surface area contributed by atoms with Gasteiger partial charge in [-0.15, -0.1) is 0 Å². The average molecular weight is 367 g/mol. The SMILES string of the molecule is CCCOc1ncccc1CNC(=O)CNc1cccc(C(F)(F)F)c1. The van der Waals surface area contributed by atoms with Gasteiger partial charge in [-0.2, -0.15) is 13.2 Å². The molecule has 0 aliphatic rings. The molecule has 0 saturated carbocycles. The monoisotopic (exact) mass is 367 g/mol. The minimum Gasteiger partial charge on any atom is -0.477 e. The highest BCUT2D eigenvalue weighted by molar-refractivity contribution is 5.80.